The van der Waals surface area contributed by atoms with Gasteiger partial charge in [-0.3, -0.25) is 0 Å². The van der Waals surface area contributed by atoms with E-state index in [9.17, 15) is 0 Å². The third-order valence-electron chi connectivity index (χ3n) is 2.66. The van der Waals surface area contributed by atoms with Gasteiger partial charge in [-0.1, -0.05) is 40.8 Å². The summed E-state index contributed by atoms with van der Waals surface area (Å²) in [6.07, 6.45) is 0. The number of benzene rings is 2. The van der Waals surface area contributed by atoms with Crippen LogP contribution < -0.4 is 5.46 Å². The van der Waals surface area contributed by atoms with Crippen LogP contribution in [0.2, 0.25) is 10.0 Å². The molecule has 0 aliphatic heterocycles. The van der Waals surface area contributed by atoms with Gasteiger partial charge in [0.25, 0.3) is 0 Å². The van der Waals surface area contributed by atoms with Crippen LogP contribution in [-0.2, 0) is 0 Å². The average Bonchev–Trinajstić information content (AvgIpc) is 2.55. The van der Waals surface area contributed by atoms with Crippen molar-refractivity contribution in [2.45, 2.75) is 0 Å². The average molecular weight is 246 g/mol. The van der Waals surface area contributed by atoms with Gasteiger partial charge in [0, 0.05) is 21.8 Å². The number of halogens is 2. The molecule has 2 aromatic carbocycles. The van der Waals surface area contributed by atoms with Crippen LogP contribution in [0.25, 0.3) is 21.8 Å². The Morgan fingerprint density at radius 1 is 0.875 bits per heavy atom. The third-order valence-corrected chi connectivity index (χ3v) is 3.39. The Kier molecular flexibility index (Phi) is 2.16. The first-order valence-electron chi connectivity index (χ1n) is 4.81. The van der Waals surface area contributed by atoms with E-state index < -0.39 is 0 Å². The number of hydrogen-bond donors (Lipinski definition) is 1. The van der Waals surface area contributed by atoms with Crippen molar-refractivity contribution in [2.24, 2.45) is 0 Å². The maximum atomic E-state index is 6.01. The summed E-state index contributed by atoms with van der Waals surface area (Å²) in [5, 5.41) is 3.27. The van der Waals surface area contributed by atoms with Gasteiger partial charge in [0.1, 0.15) is 7.85 Å². The van der Waals surface area contributed by atoms with Crippen molar-refractivity contribution in [1.82, 2.24) is 4.98 Å². The lowest BCUT2D eigenvalue weighted by atomic mass is 9.95. The molecule has 0 aliphatic rings. The van der Waals surface area contributed by atoms with E-state index in [1.54, 1.807) is 0 Å². The van der Waals surface area contributed by atoms with E-state index in [4.69, 9.17) is 31.0 Å². The van der Waals surface area contributed by atoms with Gasteiger partial charge in [0.15, 0.2) is 0 Å². The van der Waals surface area contributed by atoms with E-state index in [-0.39, 0.29) is 0 Å². The highest BCUT2D eigenvalue weighted by molar-refractivity contribution is 6.43. The topological polar surface area (TPSA) is 15.8 Å². The van der Waals surface area contributed by atoms with Crippen LogP contribution in [0, 0.1) is 0 Å². The largest absolute Gasteiger partial charge is 0.354 e. The van der Waals surface area contributed by atoms with Crippen molar-refractivity contribution in [3.05, 3.63) is 40.4 Å². The zero-order chi connectivity index (χ0) is 11.3. The number of fused-ring (bicyclic) bond motifs is 3. The summed E-state index contributed by atoms with van der Waals surface area (Å²) in [5.74, 6) is 0. The summed E-state index contributed by atoms with van der Waals surface area (Å²) in [6.45, 7) is 0. The molecule has 0 bridgehead atoms. The fraction of sp³-hybridized carbons (Fsp3) is 0. The van der Waals surface area contributed by atoms with Gasteiger partial charge in [-0.05, 0) is 18.2 Å². The Morgan fingerprint density at radius 2 is 1.56 bits per heavy atom. The molecule has 3 rings (SSSR count). The lowest BCUT2D eigenvalue weighted by Gasteiger charge is -1.96. The molecule has 0 amide bonds. The number of H-pyrrole nitrogens is 1. The molecule has 2 radical (unpaired) electrons. The van der Waals surface area contributed by atoms with E-state index in [1.165, 1.54) is 0 Å². The molecule has 0 fully saturated rings. The fourth-order valence-electron chi connectivity index (χ4n) is 1.92. The van der Waals surface area contributed by atoms with Crippen molar-refractivity contribution >= 4 is 58.3 Å². The molecular weight excluding hydrogens is 240 g/mol. The quantitative estimate of drug-likeness (QED) is 0.585. The smallest absolute Gasteiger partial charge is 0.113 e. The lowest BCUT2D eigenvalue weighted by molar-refractivity contribution is 1.55. The minimum absolute atomic E-state index is 0.550. The summed E-state index contributed by atoms with van der Waals surface area (Å²) >= 11 is 12.0. The molecule has 0 atom stereocenters. The lowest BCUT2D eigenvalue weighted by Crippen LogP contribution is -1.98. The highest BCUT2D eigenvalue weighted by Gasteiger charge is 2.07. The van der Waals surface area contributed by atoms with Crippen molar-refractivity contribution in [2.75, 3.05) is 0 Å². The maximum Gasteiger partial charge on any atom is 0.113 e. The molecule has 4 heteroatoms. The van der Waals surface area contributed by atoms with Crippen LogP contribution in [0.15, 0.2) is 30.3 Å². The van der Waals surface area contributed by atoms with Crippen LogP contribution in [0.1, 0.15) is 0 Å². The first-order valence-corrected chi connectivity index (χ1v) is 5.57. The summed E-state index contributed by atoms with van der Waals surface area (Å²) in [7, 11) is 5.73. The molecule has 0 saturated heterocycles. The molecule has 3 aromatic rings. The molecule has 1 aromatic heterocycles. The zero-order valence-electron chi connectivity index (χ0n) is 8.22. The molecule has 1 heterocycles. The Hall–Kier alpha value is -1.12. The summed E-state index contributed by atoms with van der Waals surface area (Å²) < 4.78 is 0. The van der Waals surface area contributed by atoms with Crippen LogP contribution in [0.3, 0.4) is 0 Å². The van der Waals surface area contributed by atoms with Crippen molar-refractivity contribution < 1.29 is 0 Å². The summed E-state index contributed by atoms with van der Waals surface area (Å²) in [4.78, 5) is 3.26. The summed E-state index contributed by atoms with van der Waals surface area (Å²) in [6, 6.07) is 9.45. The van der Waals surface area contributed by atoms with Gasteiger partial charge in [-0.15, -0.1) is 0 Å². The Labute approximate surface area is 104 Å². The fourth-order valence-corrected chi connectivity index (χ4v) is 2.25. The standard InChI is InChI=1S/C12H6BCl2N/c13-6-1-2-7-8-4-9(14)10(15)5-12(8)16-11(7)3-6/h1-5,16H. The van der Waals surface area contributed by atoms with Gasteiger partial charge >= 0.3 is 0 Å². The van der Waals surface area contributed by atoms with E-state index in [1.807, 2.05) is 30.3 Å². The Bertz CT molecular complexity index is 703. The van der Waals surface area contributed by atoms with Crippen LogP contribution >= 0.6 is 23.2 Å². The molecule has 0 spiro atoms. The SMILES string of the molecule is [B]c1ccc2c(c1)[nH]c1cc(Cl)c(Cl)cc12. The minimum atomic E-state index is 0.550. The minimum Gasteiger partial charge on any atom is -0.354 e. The number of rotatable bonds is 0. The van der Waals surface area contributed by atoms with Crippen molar-refractivity contribution in [1.29, 1.82) is 0 Å². The maximum absolute atomic E-state index is 6.01. The monoisotopic (exact) mass is 245 g/mol. The molecule has 0 aliphatic carbocycles. The molecule has 16 heavy (non-hydrogen) atoms. The Balaban J connectivity index is 2.51. The first-order chi connectivity index (χ1) is 7.65. The highest BCUT2D eigenvalue weighted by Crippen LogP contribution is 2.31. The van der Waals surface area contributed by atoms with Gasteiger partial charge in [0.2, 0.25) is 0 Å². The van der Waals surface area contributed by atoms with Crippen LogP contribution in [-0.4, -0.2) is 12.8 Å². The third kappa shape index (κ3) is 1.41. The number of aromatic nitrogens is 1. The molecule has 0 saturated carbocycles. The second kappa shape index (κ2) is 3.44. The molecule has 1 N–H and O–H groups in total. The number of aromatic amines is 1. The van der Waals surface area contributed by atoms with Crippen LogP contribution in [0.4, 0.5) is 0 Å². The van der Waals surface area contributed by atoms with Gasteiger partial charge < -0.3 is 4.98 Å². The summed E-state index contributed by atoms with van der Waals surface area (Å²) in [5.41, 5.74) is 2.69. The van der Waals surface area contributed by atoms with Gasteiger partial charge in [-0.25, -0.2) is 0 Å². The molecule has 76 valence electrons. The van der Waals surface area contributed by atoms with Gasteiger partial charge in [-0.2, -0.15) is 0 Å². The normalized spacial score (nSPS) is 11.4. The highest BCUT2D eigenvalue weighted by atomic mass is 35.5. The second-order valence-electron chi connectivity index (χ2n) is 3.74. The van der Waals surface area contributed by atoms with Crippen molar-refractivity contribution in [3.8, 4) is 0 Å². The van der Waals surface area contributed by atoms with Crippen molar-refractivity contribution in [3.63, 3.8) is 0 Å². The molecular formula is C12H6BCl2N. The van der Waals surface area contributed by atoms with Gasteiger partial charge in [0.05, 0.1) is 10.0 Å². The molecule has 0 unspecified atom stereocenters. The first kappa shape index (κ1) is 10.1. The van der Waals surface area contributed by atoms with E-state index >= 15 is 0 Å². The Morgan fingerprint density at radius 3 is 2.38 bits per heavy atom. The second-order valence-corrected chi connectivity index (χ2v) is 4.56. The van der Waals surface area contributed by atoms with E-state index in [0.717, 1.165) is 27.3 Å². The van der Waals surface area contributed by atoms with Crippen LogP contribution in [0.5, 0.6) is 0 Å². The van der Waals surface area contributed by atoms with E-state index in [2.05, 4.69) is 4.98 Å². The predicted octanol–water partition coefficient (Wildman–Crippen LogP) is 3.42. The zero-order valence-corrected chi connectivity index (χ0v) is 9.73. The number of nitrogens with one attached hydrogen (secondary N) is 1. The number of hydrogen-bond acceptors (Lipinski definition) is 0. The van der Waals surface area contributed by atoms with E-state index in [0.29, 0.717) is 10.0 Å². The molecule has 1 nitrogen and oxygen atoms in total. The predicted molar refractivity (Wildman–Crippen MR) is 71.2 cm³/mol.